The van der Waals surface area contributed by atoms with E-state index in [9.17, 15) is 9.59 Å². The molecule has 1 fully saturated rings. The molecular weight excluding hydrogens is 240 g/mol. The van der Waals surface area contributed by atoms with Crippen LogP contribution in [0.4, 0.5) is 0 Å². The predicted molar refractivity (Wildman–Crippen MR) is 76.7 cm³/mol. The van der Waals surface area contributed by atoms with E-state index in [4.69, 9.17) is 0 Å². The van der Waals surface area contributed by atoms with Crippen LogP contribution in [-0.4, -0.2) is 24.9 Å². The molecule has 2 amide bonds. The molecule has 0 saturated heterocycles. The molecule has 4 nitrogen and oxygen atoms in total. The number of amides is 2. The predicted octanol–water partition coefficient (Wildman–Crippen LogP) is 2.38. The lowest BCUT2D eigenvalue weighted by Crippen LogP contribution is -2.37. The standard InChI is InChI=1S/C15H28N2O2/c1-2-11-16-15(19)12-17-14(18)10-6-9-13-7-4-3-5-8-13/h13H,2-12H2,1H3,(H,16,19)(H,17,18). The van der Waals surface area contributed by atoms with E-state index in [-0.39, 0.29) is 18.4 Å². The van der Waals surface area contributed by atoms with Crippen LogP contribution in [0.2, 0.25) is 0 Å². The average molecular weight is 268 g/mol. The fourth-order valence-corrected chi connectivity index (χ4v) is 2.62. The maximum atomic E-state index is 11.6. The summed E-state index contributed by atoms with van der Waals surface area (Å²) in [5.74, 6) is 0.736. The maximum absolute atomic E-state index is 11.6. The fraction of sp³-hybridized carbons (Fsp3) is 0.867. The molecule has 4 heteroatoms. The van der Waals surface area contributed by atoms with Gasteiger partial charge in [-0.25, -0.2) is 0 Å². The maximum Gasteiger partial charge on any atom is 0.239 e. The van der Waals surface area contributed by atoms with Gasteiger partial charge in [-0.05, 0) is 25.2 Å². The molecule has 0 bridgehead atoms. The molecule has 110 valence electrons. The first kappa shape index (κ1) is 16.0. The second-order valence-corrected chi connectivity index (χ2v) is 5.52. The zero-order valence-corrected chi connectivity index (χ0v) is 12.2. The van der Waals surface area contributed by atoms with E-state index in [1.165, 1.54) is 32.1 Å². The molecule has 19 heavy (non-hydrogen) atoms. The molecule has 0 radical (unpaired) electrons. The van der Waals surface area contributed by atoms with Crippen LogP contribution in [0.25, 0.3) is 0 Å². The minimum atomic E-state index is -0.0949. The molecule has 1 aliphatic carbocycles. The van der Waals surface area contributed by atoms with Gasteiger partial charge in [-0.1, -0.05) is 39.0 Å². The quantitative estimate of drug-likeness (QED) is 0.710. The van der Waals surface area contributed by atoms with Crippen molar-refractivity contribution in [2.24, 2.45) is 5.92 Å². The summed E-state index contributed by atoms with van der Waals surface area (Å²) >= 11 is 0. The highest BCUT2D eigenvalue weighted by Crippen LogP contribution is 2.27. The third-order valence-electron chi connectivity index (χ3n) is 3.76. The Kier molecular flexibility index (Phi) is 8.26. The van der Waals surface area contributed by atoms with Crippen molar-refractivity contribution in [1.82, 2.24) is 10.6 Å². The van der Waals surface area contributed by atoms with E-state index in [1.807, 2.05) is 6.92 Å². The van der Waals surface area contributed by atoms with E-state index in [0.717, 1.165) is 25.2 Å². The number of rotatable bonds is 8. The Balaban J connectivity index is 1.99. The highest BCUT2D eigenvalue weighted by Gasteiger charge is 2.13. The van der Waals surface area contributed by atoms with Gasteiger partial charge in [0.1, 0.15) is 0 Å². The second-order valence-electron chi connectivity index (χ2n) is 5.52. The minimum Gasteiger partial charge on any atom is -0.355 e. The Morgan fingerprint density at radius 1 is 1.05 bits per heavy atom. The number of carbonyl (C=O) groups excluding carboxylic acids is 2. The van der Waals surface area contributed by atoms with Crippen LogP contribution in [0.1, 0.15) is 64.7 Å². The zero-order valence-electron chi connectivity index (χ0n) is 12.2. The van der Waals surface area contributed by atoms with Gasteiger partial charge in [-0.3, -0.25) is 9.59 Å². The summed E-state index contributed by atoms with van der Waals surface area (Å²) in [5, 5.41) is 5.42. The van der Waals surface area contributed by atoms with Crippen molar-refractivity contribution in [2.45, 2.75) is 64.7 Å². The Labute approximate surface area is 116 Å². The average Bonchev–Trinajstić information content (AvgIpc) is 2.44. The van der Waals surface area contributed by atoms with Crippen molar-refractivity contribution >= 4 is 11.8 Å². The molecule has 0 aromatic carbocycles. The number of hydrogen-bond donors (Lipinski definition) is 2. The van der Waals surface area contributed by atoms with Crippen LogP contribution in [0.5, 0.6) is 0 Å². The largest absolute Gasteiger partial charge is 0.355 e. The molecule has 0 aliphatic heterocycles. The summed E-state index contributed by atoms with van der Waals surface area (Å²) in [6.07, 6.45) is 10.3. The number of hydrogen-bond acceptors (Lipinski definition) is 2. The Bertz CT molecular complexity index is 273. The Morgan fingerprint density at radius 2 is 1.79 bits per heavy atom. The number of nitrogens with one attached hydrogen (secondary N) is 2. The summed E-state index contributed by atoms with van der Waals surface area (Å²) in [7, 11) is 0. The van der Waals surface area contributed by atoms with Crippen LogP contribution in [0.15, 0.2) is 0 Å². The summed E-state index contributed by atoms with van der Waals surface area (Å²) in [6.45, 7) is 2.79. The molecule has 2 N–H and O–H groups in total. The van der Waals surface area contributed by atoms with Crippen molar-refractivity contribution in [1.29, 1.82) is 0 Å². The van der Waals surface area contributed by atoms with Crippen LogP contribution in [0.3, 0.4) is 0 Å². The van der Waals surface area contributed by atoms with E-state index in [0.29, 0.717) is 13.0 Å². The lowest BCUT2D eigenvalue weighted by molar-refractivity contribution is -0.126. The third kappa shape index (κ3) is 7.85. The van der Waals surface area contributed by atoms with Crippen molar-refractivity contribution in [3.05, 3.63) is 0 Å². The molecule has 0 aromatic rings. The number of carbonyl (C=O) groups is 2. The van der Waals surface area contributed by atoms with Crippen molar-refractivity contribution in [3.63, 3.8) is 0 Å². The lowest BCUT2D eigenvalue weighted by Gasteiger charge is -2.21. The van der Waals surface area contributed by atoms with Gasteiger partial charge in [-0.2, -0.15) is 0 Å². The molecule has 0 unspecified atom stereocenters. The Morgan fingerprint density at radius 3 is 2.47 bits per heavy atom. The van der Waals surface area contributed by atoms with E-state index in [2.05, 4.69) is 10.6 Å². The topological polar surface area (TPSA) is 58.2 Å². The van der Waals surface area contributed by atoms with Gasteiger partial charge >= 0.3 is 0 Å². The van der Waals surface area contributed by atoms with Gasteiger partial charge in [0.25, 0.3) is 0 Å². The lowest BCUT2D eigenvalue weighted by atomic mass is 9.86. The van der Waals surface area contributed by atoms with Crippen LogP contribution in [-0.2, 0) is 9.59 Å². The molecule has 1 aliphatic rings. The highest BCUT2D eigenvalue weighted by molar-refractivity contribution is 5.84. The molecule has 0 atom stereocenters. The smallest absolute Gasteiger partial charge is 0.239 e. The summed E-state index contributed by atoms with van der Waals surface area (Å²) in [5.41, 5.74) is 0. The summed E-state index contributed by atoms with van der Waals surface area (Å²) in [6, 6.07) is 0. The van der Waals surface area contributed by atoms with Crippen LogP contribution >= 0.6 is 0 Å². The normalized spacial score (nSPS) is 16.1. The zero-order chi connectivity index (χ0) is 13.9. The van der Waals surface area contributed by atoms with E-state index < -0.39 is 0 Å². The second kappa shape index (κ2) is 9.82. The Hall–Kier alpha value is -1.06. The molecule has 0 spiro atoms. The summed E-state index contributed by atoms with van der Waals surface area (Å²) < 4.78 is 0. The van der Waals surface area contributed by atoms with Gasteiger partial charge in [-0.15, -0.1) is 0 Å². The van der Waals surface area contributed by atoms with Crippen LogP contribution < -0.4 is 10.6 Å². The molecule has 1 rings (SSSR count). The van der Waals surface area contributed by atoms with Crippen molar-refractivity contribution in [2.75, 3.05) is 13.1 Å². The molecule has 1 saturated carbocycles. The van der Waals surface area contributed by atoms with Crippen molar-refractivity contribution < 1.29 is 9.59 Å². The third-order valence-corrected chi connectivity index (χ3v) is 3.76. The highest BCUT2D eigenvalue weighted by atomic mass is 16.2. The molecular formula is C15H28N2O2. The van der Waals surface area contributed by atoms with Gasteiger partial charge in [0, 0.05) is 13.0 Å². The molecule has 0 aromatic heterocycles. The van der Waals surface area contributed by atoms with E-state index in [1.54, 1.807) is 0 Å². The first-order chi connectivity index (χ1) is 9.22. The van der Waals surface area contributed by atoms with Gasteiger partial charge in [0.2, 0.25) is 11.8 Å². The first-order valence-corrected chi connectivity index (χ1v) is 7.75. The van der Waals surface area contributed by atoms with Gasteiger partial charge < -0.3 is 10.6 Å². The summed E-state index contributed by atoms with van der Waals surface area (Å²) in [4.78, 5) is 22.9. The minimum absolute atomic E-state index is 0.00228. The van der Waals surface area contributed by atoms with Gasteiger partial charge in [0.15, 0.2) is 0 Å². The van der Waals surface area contributed by atoms with Crippen LogP contribution in [0, 0.1) is 5.92 Å². The van der Waals surface area contributed by atoms with Crippen molar-refractivity contribution in [3.8, 4) is 0 Å². The first-order valence-electron chi connectivity index (χ1n) is 7.75. The van der Waals surface area contributed by atoms with Gasteiger partial charge in [0.05, 0.1) is 6.54 Å². The monoisotopic (exact) mass is 268 g/mol. The van der Waals surface area contributed by atoms with E-state index >= 15 is 0 Å². The molecule has 0 heterocycles. The fourth-order valence-electron chi connectivity index (χ4n) is 2.62. The SMILES string of the molecule is CCCNC(=O)CNC(=O)CCCC1CCCCC1.